The van der Waals surface area contributed by atoms with E-state index in [1.807, 2.05) is 56.3 Å². The van der Waals surface area contributed by atoms with E-state index in [-0.39, 0.29) is 48.0 Å². The minimum absolute atomic E-state index is 0.0115. The van der Waals surface area contributed by atoms with E-state index in [2.05, 4.69) is 83.7 Å². The molecule has 1 aliphatic heterocycles. The summed E-state index contributed by atoms with van der Waals surface area (Å²) < 4.78 is 41.0. The highest BCUT2D eigenvalue weighted by atomic mass is 28.4. The van der Waals surface area contributed by atoms with Gasteiger partial charge in [-0.25, -0.2) is 9.59 Å². The lowest BCUT2D eigenvalue weighted by Crippen LogP contribution is -2.55. The number of carbonyl (C=O) groups is 3. The molecule has 390 valence electrons. The zero-order chi connectivity index (χ0) is 52.4. The molecule has 1 fully saturated rings. The van der Waals surface area contributed by atoms with Crippen LogP contribution in [0.4, 0.5) is 4.79 Å². The molecule has 0 bridgehead atoms. The van der Waals surface area contributed by atoms with Crippen LogP contribution < -0.4 is 31.9 Å². The quantitative estimate of drug-likeness (QED) is 0.0498. The molecule has 6 atom stereocenters. The van der Waals surface area contributed by atoms with Crippen molar-refractivity contribution >= 4 is 34.6 Å². The number of aromatic nitrogens is 2. The average molecular weight is 1010 g/mol. The van der Waals surface area contributed by atoms with Crippen LogP contribution in [0, 0.1) is 5.92 Å². The van der Waals surface area contributed by atoms with Gasteiger partial charge in [-0.15, -0.1) is 0 Å². The van der Waals surface area contributed by atoms with Gasteiger partial charge in [0, 0.05) is 25.2 Å². The molecule has 4 rings (SSSR count). The number of hydrogen-bond acceptors (Lipinski definition) is 12. The normalized spacial score (nSPS) is 18.8. The van der Waals surface area contributed by atoms with Crippen molar-refractivity contribution < 1.29 is 42.2 Å². The van der Waals surface area contributed by atoms with Gasteiger partial charge in [0.15, 0.2) is 22.9 Å². The Morgan fingerprint density at radius 2 is 1.37 bits per heavy atom. The maximum Gasteiger partial charge on any atom is 0.408 e. The highest BCUT2D eigenvalue weighted by molar-refractivity contribution is 6.74. The number of carbonyl (C=O) groups excluding carboxylic acids is 3. The Kier molecular flexibility index (Phi) is 20.1. The van der Waals surface area contributed by atoms with E-state index >= 15 is 0 Å². The number of benzene rings is 2. The minimum atomic E-state index is -2.64. The van der Waals surface area contributed by atoms with Gasteiger partial charge in [0.1, 0.15) is 42.2 Å². The Balaban J connectivity index is 1.66. The highest BCUT2D eigenvalue weighted by Gasteiger charge is 2.55. The minimum Gasteiger partial charge on any atom is -0.497 e. The maximum atomic E-state index is 14.6. The third-order valence-electron chi connectivity index (χ3n) is 13.4. The fourth-order valence-corrected chi connectivity index (χ4v) is 9.99. The van der Waals surface area contributed by atoms with Crippen LogP contribution in [0.15, 0.2) is 76.4 Å². The molecule has 0 aliphatic carbocycles. The summed E-state index contributed by atoms with van der Waals surface area (Å²) in [5.74, 6) is -0.0876. The third kappa shape index (κ3) is 16.5. The first kappa shape index (κ1) is 58.0. The number of esters is 1. The van der Waals surface area contributed by atoms with E-state index in [0.29, 0.717) is 25.1 Å². The second kappa shape index (κ2) is 24.2. The standard InChI is InChI=1S/C52H83N5O11Si2/c1-35(2)31-39(55-48(61)64-34-37-21-18-17-19-22-37)45(59)54-29-20-28-53-40(47(60)66-50(3,4)5)32-41-43(67-69(13,14)51(6,7)8)44(68-70(15,16)52(9,10)11)46(65-41)56-30-27-42(58)57(49(56)62)33-36-23-25-38(63-12)26-24-36/h17-19,21-27,30,35,39-41,43-44,46,53H,20,28-29,31-34H2,1-16H3,(H,54,59)(H,55,61)/t39-,40-,41+,43+,44+,46+/m0/s1. The Hall–Kier alpha value is -4.60. The van der Waals surface area contributed by atoms with Crippen LogP contribution in [0.1, 0.15) is 113 Å². The van der Waals surface area contributed by atoms with Crippen LogP contribution in [0.25, 0.3) is 0 Å². The number of hydrogen-bond donors (Lipinski definition) is 3. The van der Waals surface area contributed by atoms with Gasteiger partial charge in [0.05, 0.1) is 19.8 Å². The molecule has 0 radical (unpaired) electrons. The van der Waals surface area contributed by atoms with Crippen molar-refractivity contribution in [2.75, 3.05) is 20.2 Å². The van der Waals surface area contributed by atoms with Crippen LogP contribution in [0.2, 0.25) is 36.3 Å². The first-order valence-corrected chi connectivity index (χ1v) is 30.4. The smallest absolute Gasteiger partial charge is 0.408 e. The number of amides is 2. The Morgan fingerprint density at radius 1 is 0.771 bits per heavy atom. The summed E-state index contributed by atoms with van der Waals surface area (Å²) in [5.41, 5.74) is -0.311. The SMILES string of the molecule is COc1ccc(Cn2c(=O)ccn([C@@H]3O[C@H](C[C@H](NCCCNC(=O)[C@H](CC(C)C)NC(=O)OCc4ccccc4)C(=O)OC(C)(C)C)[C@@H](O[Si](C)(C)C(C)(C)C)[C@H]3O[Si](C)(C)C(C)(C)C)c2=O)cc1. The number of nitrogens with zero attached hydrogens (tertiary/aromatic N) is 2. The van der Waals surface area contributed by atoms with Crippen LogP contribution in [-0.2, 0) is 45.8 Å². The molecule has 3 aromatic rings. The van der Waals surface area contributed by atoms with Gasteiger partial charge in [0.25, 0.3) is 5.56 Å². The van der Waals surface area contributed by atoms with Gasteiger partial charge in [-0.05, 0) is 106 Å². The fourth-order valence-electron chi connectivity index (χ4n) is 7.39. The van der Waals surface area contributed by atoms with Crippen molar-refractivity contribution in [3.63, 3.8) is 0 Å². The molecule has 70 heavy (non-hydrogen) atoms. The number of ether oxygens (including phenoxy) is 4. The molecular weight excluding hydrogens is 927 g/mol. The van der Waals surface area contributed by atoms with Gasteiger partial charge >= 0.3 is 17.8 Å². The van der Waals surface area contributed by atoms with Crippen LogP contribution in [0.5, 0.6) is 5.75 Å². The summed E-state index contributed by atoms with van der Waals surface area (Å²) in [6.07, 6.45) is -1.71. The molecule has 0 saturated carbocycles. The summed E-state index contributed by atoms with van der Waals surface area (Å²) >= 11 is 0. The molecule has 1 aliphatic rings. The van der Waals surface area contributed by atoms with Crippen LogP contribution >= 0.6 is 0 Å². The van der Waals surface area contributed by atoms with Crippen molar-refractivity contribution in [3.05, 3.63) is 98.8 Å². The Labute approximate surface area is 418 Å². The molecule has 2 aromatic carbocycles. The van der Waals surface area contributed by atoms with E-state index in [1.165, 1.54) is 21.4 Å². The van der Waals surface area contributed by atoms with Gasteiger partial charge in [-0.3, -0.25) is 23.5 Å². The van der Waals surface area contributed by atoms with Crippen molar-refractivity contribution in [2.24, 2.45) is 5.92 Å². The van der Waals surface area contributed by atoms with Crippen molar-refractivity contribution in [1.82, 2.24) is 25.1 Å². The van der Waals surface area contributed by atoms with Crippen molar-refractivity contribution in [2.45, 2.75) is 187 Å². The third-order valence-corrected chi connectivity index (χ3v) is 22.3. The predicted molar refractivity (Wildman–Crippen MR) is 278 cm³/mol. The van der Waals surface area contributed by atoms with Crippen molar-refractivity contribution in [3.8, 4) is 5.75 Å². The molecule has 3 N–H and O–H groups in total. The van der Waals surface area contributed by atoms with Gasteiger partial charge < -0.3 is 43.7 Å². The molecule has 18 heteroatoms. The van der Waals surface area contributed by atoms with E-state index in [9.17, 15) is 24.0 Å². The van der Waals surface area contributed by atoms with Crippen molar-refractivity contribution in [1.29, 1.82) is 0 Å². The van der Waals surface area contributed by atoms with Gasteiger partial charge in [0.2, 0.25) is 5.91 Å². The molecule has 2 heterocycles. The lowest BCUT2D eigenvalue weighted by atomic mass is 10.0. The molecule has 0 unspecified atom stereocenters. The predicted octanol–water partition coefficient (Wildman–Crippen LogP) is 8.28. The number of alkyl carbamates (subject to hydrolysis) is 1. The molecule has 1 saturated heterocycles. The van der Waals surface area contributed by atoms with Gasteiger partial charge in [-0.2, -0.15) is 0 Å². The molecule has 0 spiro atoms. The summed E-state index contributed by atoms with van der Waals surface area (Å²) in [6.45, 7) is 31.4. The summed E-state index contributed by atoms with van der Waals surface area (Å²) in [4.78, 5) is 68.5. The summed E-state index contributed by atoms with van der Waals surface area (Å²) in [5, 5.41) is 8.58. The lowest BCUT2D eigenvalue weighted by molar-refractivity contribution is -0.159. The maximum absolute atomic E-state index is 14.6. The summed E-state index contributed by atoms with van der Waals surface area (Å²) in [7, 11) is -3.69. The Bertz CT molecular complexity index is 2300. The lowest BCUT2D eigenvalue weighted by Gasteiger charge is -2.44. The first-order chi connectivity index (χ1) is 32.4. The van der Waals surface area contributed by atoms with Crippen LogP contribution in [-0.4, -0.2) is 99.9 Å². The topological polar surface area (TPSA) is 187 Å². The number of rotatable bonds is 22. The molecule has 2 amide bonds. The van der Waals surface area contributed by atoms with Crippen LogP contribution in [0.3, 0.4) is 0 Å². The van der Waals surface area contributed by atoms with E-state index in [4.69, 9.17) is 27.8 Å². The molecule has 16 nitrogen and oxygen atoms in total. The molecular formula is C52H83N5O11Si2. The molecule has 1 aromatic heterocycles. The fraction of sp³-hybridized carbons (Fsp3) is 0.635. The first-order valence-electron chi connectivity index (χ1n) is 24.6. The second-order valence-corrected chi connectivity index (χ2v) is 32.4. The van der Waals surface area contributed by atoms with Gasteiger partial charge in [-0.1, -0.05) is 97.9 Å². The second-order valence-electron chi connectivity index (χ2n) is 22.8. The van der Waals surface area contributed by atoms with E-state index < -0.39 is 82.2 Å². The monoisotopic (exact) mass is 1010 g/mol. The van der Waals surface area contributed by atoms with E-state index in [1.54, 1.807) is 40.0 Å². The number of methoxy groups -OCH3 is 1. The average Bonchev–Trinajstić information content (AvgIpc) is 3.56. The zero-order valence-corrected chi connectivity index (χ0v) is 46.7. The zero-order valence-electron chi connectivity index (χ0n) is 44.7. The van der Waals surface area contributed by atoms with E-state index in [0.717, 1.165) is 11.1 Å². The Morgan fingerprint density at radius 3 is 1.93 bits per heavy atom. The summed E-state index contributed by atoms with van der Waals surface area (Å²) in [6, 6.07) is 16.1. The highest BCUT2D eigenvalue weighted by Crippen LogP contribution is 2.46. The number of nitrogens with one attached hydrogen (secondary N) is 3. The largest absolute Gasteiger partial charge is 0.497 e.